The molecule has 2 aromatic rings. The molecule has 5 heteroatoms. The summed E-state index contributed by atoms with van der Waals surface area (Å²) in [5, 5.41) is 9.67. The second kappa shape index (κ2) is 3.67. The van der Waals surface area contributed by atoms with Gasteiger partial charge in [-0.05, 0) is 25.0 Å². The zero-order chi connectivity index (χ0) is 11.0. The van der Waals surface area contributed by atoms with E-state index in [2.05, 4.69) is 0 Å². The van der Waals surface area contributed by atoms with Crippen molar-refractivity contribution >= 4 is 21.6 Å². The van der Waals surface area contributed by atoms with E-state index in [-0.39, 0.29) is 16.7 Å². The summed E-state index contributed by atoms with van der Waals surface area (Å²) in [5.74, 6) is 0.164. The highest BCUT2D eigenvalue weighted by Gasteiger charge is 2.09. The van der Waals surface area contributed by atoms with Crippen LogP contribution in [-0.2, 0) is 6.42 Å². The number of fused-ring (bicyclic) bond motifs is 1. The van der Waals surface area contributed by atoms with Crippen molar-refractivity contribution in [1.29, 1.82) is 0 Å². The maximum Gasteiger partial charge on any atom is 0.396 e. The Morgan fingerprint density at radius 2 is 2.33 bits per heavy atom. The fourth-order valence-corrected chi connectivity index (χ4v) is 2.14. The van der Waals surface area contributed by atoms with Gasteiger partial charge in [0.15, 0.2) is 0 Å². The Morgan fingerprint density at radius 1 is 1.60 bits per heavy atom. The Hall–Kier alpha value is -1.33. The molecule has 80 valence electrons. The topological polar surface area (TPSA) is 76.5 Å². The van der Waals surface area contributed by atoms with E-state index in [0.29, 0.717) is 22.3 Å². The Kier molecular flexibility index (Phi) is 2.50. The molecule has 0 bridgehead atoms. The Bertz CT molecular complexity index is 541. The average molecular weight is 225 g/mol. The summed E-state index contributed by atoms with van der Waals surface area (Å²) >= 11 is 0.980. The molecule has 0 saturated heterocycles. The van der Waals surface area contributed by atoms with Crippen molar-refractivity contribution in [2.45, 2.75) is 19.4 Å². The van der Waals surface area contributed by atoms with Crippen molar-refractivity contribution in [3.05, 3.63) is 27.4 Å². The van der Waals surface area contributed by atoms with Gasteiger partial charge in [-0.3, -0.25) is 0 Å². The Balaban J connectivity index is 2.56. The van der Waals surface area contributed by atoms with Gasteiger partial charge in [-0.25, -0.2) is 4.79 Å². The van der Waals surface area contributed by atoms with E-state index in [9.17, 15) is 9.90 Å². The van der Waals surface area contributed by atoms with Crippen LogP contribution in [0.2, 0.25) is 0 Å². The third-order valence-corrected chi connectivity index (χ3v) is 2.86. The summed E-state index contributed by atoms with van der Waals surface area (Å²) < 4.78 is 5.61. The smallest absolute Gasteiger partial charge is 0.396 e. The molecule has 3 N–H and O–H groups in total. The predicted octanol–water partition coefficient (Wildman–Crippen LogP) is 1.45. The van der Waals surface area contributed by atoms with Crippen LogP contribution in [0.15, 0.2) is 21.3 Å². The Labute approximate surface area is 89.9 Å². The molecular formula is C10H11NO3S. The first-order valence-electron chi connectivity index (χ1n) is 4.57. The van der Waals surface area contributed by atoms with Gasteiger partial charge in [0, 0.05) is 12.1 Å². The number of nitrogens with two attached hydrogens (primary N) is 1. The molecule has 0 aliphatic rings. The largest absolute Gasteiger partial charge is 0.508 e. The van der Waals surface area contributed by atoms with Crippen LogP contribution in [0.5, 0.6) is 5.75 Å². The molecule has 0 amide bonds. The standard InChI is InChI=1S/C10H11NO3S/c1-5(11)2-6-3-8-9(4-7(6)12)15-10(13)14-8/h3-5,12H,2,11H2,1H3. The van der Waals surface area contributed by atoms with Gasteiger partial charge in [0.1, 0.15) is 11.3 Å². The number of phenols is 1. The molecule has 4 nitrogen and oxygen atoms in total. The van der Waals surface area contributed by atoms with Gasteiger partial charge >= 0.3 is 4.94 Å². The van der Waals surface area contributed by atoms with Crippen LogP contribution in [-0.4, -0.2) is 11.1 Å². The lowest BCUT2D eigenvalue weighted by molar-refractivity contribution is 0.466. The monoisotopic (exact) mass is 225 g/mol. The lowest BCUT2D eigenvalue weighted by atomic mass is 10.1. The van der Waals surface area contributed by atoms with E-state index in [1.165, 1.54) is 0 Å². The molecular weight excluding hydrogens is 214 g/mol. The van der Waals surface area contributed by atoms with Crippen molar-refractivity contribution < 1.29 is 9.52 Å². The van der Waals surface area contributed by atoms with Gasteiger partial charge in [0.25, 0.3) is 0 Å². The van der Waals surface area contributed by atoms with Crippen LogP contribution in [0.25, 0.3) is 10.3 Å². The predicted molar refractivity (Wildman–Crippen MR) is 59.4 cm³/mol. The maximum absolute atomic E-state index is 11.0. The molecule has 0 fully saturated rings. The van der Waals surface area contributed by atoms with Crippen LogP contribution in [0, 0.1) is 0 Å². The highest BCUT2D eigenvalue weighted by molar-refractivity contribution is 7.16. The van der Waals surface area contributed by atoms with E-state index in [0.717, 1.165) is 11.3 Å². The summed E-state index contributed by atoms with van der Waals surface area (Å²) in [4.78, 5) is 10.6. The fraction of sp³-hybridized carbons (Fsp3) is 0.300. The number of aromatic hydroxyl groups is 1. The molecule has 1 heterocycles. The van der Waals surface area contributed by atoms with Crippen molar-refractivity contribution in [3.8, 4) is 5.75 Å². The van der Waals surface area contributed by atoms with E-state index in [1.807, 2.05) is 6.92 Å². The molecule has 1 unspecified atom stereocenters. The van der Waals surface area contributed by atoms with Crippen LogP contribution in [0.3, 0.4) is 0 Å². The van der Waals surface area contributed by atoms with E-state index >= 15 is 0 Å². The van der Waals surface area contributed by atoms with Gasteiger partial charge < -0.3 is 15.3 Å². The first-order chi connectivity index (χ1) is 7.06. The molecule has 1 aromatic heterocycles. The number of phenolic OH excluding ortho intramolecular Hbond substituents is 1. The summed E-state index contributed by atoms with van der Waals surface area (Å²) in [6.45, 7) is 1.85. The lowest BCUT2D eigenvalue weighted by Gasteiger charge is -2.06. The number of rotatable bonds is 2. The van der Waals surface area contributed by atoms with Crippen LogP contribution < -0.4 is 10.7 Å². The highest BCUT2D eigenvalue weighted by Crippen LogP contribution is 2.27. The maximum atomic E-state index is 11.0. The molecule has 0 saturated carbocycles. The molecule has 0 radical (unpaired) electrons. The van der Waals surface area contributed by atoms with Gasteiger partial charge in [0.2, 0.25) is 0 Å². The SMILES string of the molecule is CC(N)Cc1cc2oc(=O)sc2cc1O. The van der Waals surface area contributed by atoms with Gasteiger partial charge in [-0.2, -0.15) is 0 Å². The van der Waals surface area contributed by atoms with Crippen molar-refractivity contribution in [3.63, 3.8) is 0 Å². The Morgan fingerprint density at radius 3 is 3.00 bits per heavy atom. The van der Waals surface area contributed by atoms with Crippen LogP contribution >= 0.6 is 11.3 Å². The van der Waals surface area contributed by atoms with Crippen molar-refractivity contribution in [2.75, 3.05) is 0 Å². The van der Waals surface area contributed by atoms with Gasteiger partial charge in [-0.15, -0.1) is 0 Å². The molecule has 0 aliphatic carbocycles. The average Bonchev–Trinajstić information content (AvgIpc) is 2.44. The molecule has 15 heavy (non-hydrogen) atoms. The molecule has 0 spiro atoms. The van der Waals surface area contributed by atoms with Crippen LogP contribution in [0.4, 0.5) is 0 Å². The minimum Gasteiger partial charge on any atom is -0.508 e. The van der Waals surface area contributed by atoms with Crippen LogP contribution in [0.1, 0.15) is 12.5 Å². The summed E-state index contributed by atoms with van der Waals surface area (Å²) in [7, 11) is 0. The quantitative estimate of drug-likeness (QED) is 0.811. The van der Waals surface area contributed by atoms with E-state index < -0.39 is 0 Å². The number of hydrogen-bond donors (Lipinski definition) is 2. The van der Waals surface area contributed by atoms with Gasteiger partial charge in [-0.1, -0.05) is 11.3 Å². The molecule has 0 aliphatic heterocycles. The fourth-order valence-electron chi connectivity index (χ4n) is 1.46. The van der Waals surface area contributed by atoms with E-state index in [4.69, 9.17) is 10.2 Å². The second-order valence-corrected chi connectivity index (χ2v) is 4.54. The highest BCUT2D eigenvalue weighted by atomic mass is 32.1. The summed E-state index contributed by atoms with van der Waals surface area (Å²) in [6, 6.07) is 3.17. The third kappa shape index (κ3) is 2.03. The first kappa shape index (κ1) is 10.2. The third-order valence-electron chi connectivity index (χ3n) is 2.07. The minimum atomic E-state index is -0.359. The molecule has 1 aromatic carbocycles. The van der Waals surface area contributed by atoms with Crippen molar-refractivity contribution in [2.24, 2.45) is 5.73 Å². The molecule has 2 rings (SSSR count). The van der Waals surface area contributed by atoms with E-state index in [1.54, 1.807) is 12.1 Å². The van der Waals surface area contributed by atoms with Gasteiger partial charge in [0.05, 0.1) is 4.70 Å². The summed E-state index contributed by atoms with van der Waals surface area (Å²) in [6.07, 6.45) is 0.557. The normalized spacial score (nSPS) is 13.2. The first-order valence-corrected chi connectivity index (χ1v) is 5.39. The number of hydrogen-bond acceptors (Lipinski definition) is 5. The van der Waals surface area contributed by atoms with Crippen molar-refractivity contribution in [1.82, 2.24) is 0 Å². The zero-order valence-electron chi connectivity index (χ0n) is 8.19. The molecule has 1 atom stereocenters. The summed E-state index contributed by atoms with van der Waals surface area (Å²) in [5.41, 5.74) is 6.86. The zero-order valence-corrected chi connectivity index (χ0v) is 9.00. The minimum absolute atomic E-state index is 0.0429. The second-order valence-electron chi connectivity index (χ2n) is 3.56. The number of benzene rings is 1. The lowest BCUT2D eigenvalue weighted by Crippen LogP contribution is -2.17.